The number of hydrogen-bond donors (Lipinski definition) is 2. The Bertz CT molecular complexity index is 1190. The van der Waals surface area contributed by atoms with Crippen LogP contribution in [0.1, 0.15) is 31.2 Å². The van der Waals surface area contributed by atoms with Crippen LogP contribution < -0.4 is 10.6 Å². The summed E-state index contributed by atoms with van der Waals surface area (Å²) in [6.07, 6.45) is 5.39. The van der Waals surface area contributed by atoms with Crippen molar-refractivity contribution in [2.75, 3.05) is 5.32 Å². The van der Waals surface area contributed by atoms with Crippen molar-refractivity contribution in [1.29, 1.82) is 0 Å². The number of rotatable bonds is 7. The van der Waals surface area contributed by atoms with Gasteiger partial charge in [0.05, 0.1) is 21.9 Å². The molecule has 2 aromatic carbocycles. The topological polar surface area (TPSA) is 76.0 Å². The molecule has 2 aromatic heterocycles. The lowest BCUT2D eigenvalue weighted by Gasteiger charge is -2.12. The largest absolute Gasteiger partial charge is 0.348 e. The van der Waals surface area contributed by atoms with E-state index in [-0.39, 0.29) is 11.8 Å². The Morgan fingerprint density at radius 3 is 2.61 bits per heavy atom. The van der Waals surface area contributed by atoms with Crippen LogP contribution in [0.15, 0.2) is 78.7 Å². The van der Waals surface area contributed by atoms with E-state index in [1.807, 2.05) is 40.4 Å². The van der Waals surface area contributed by atoms with Gasteiger partial charge in [-0.3, -0.25) is 9.59 Å². The van der Waals surface area contributed by atoms with Crippen LogP contribution in [-0.4, -0.2) is 21.4 Å². The summed E-state index contributed by atoms with van der Waals surface area (Å²) < 4.78 is 1.97. The standard InChI is InChI=1S/C23H19ClN4O2S/c24-19-8-7-16(12-20(19)27-23(30)21-6-3-11-31-21)22(29)26-13-17-4-1-2-5-18(17)14-28-10-9-25-15-28/h1-12,15H,13-14H2,(H,26,29)(H,27,30). The average Bonchev–Trinajstić information content (AvgIpc) is 3.49. The molecule has 4 rings (SSSR count). The molecule has 0 aliphatic rings. The second-order valence-electron chi connectivity index (χ2n) is 6.81. The molecule has 0 spiro atoms. The lowest BCUT2D eigenvalue weighted by atomic mass is 10.1. The Balaban J connectivity index is 1.44. The number of carbonyl (C=O) groups excluding carboxylic acids is 2. The average molecular weight is 451 g/mol. The summed E-state index contributed by atoms with van der Waals surface area (Å²) >= 11 is 7.55. The van der Waals surface area contributed by atoms with Gasteiger partial charge in [-0.25, -0.2) is 4.98 Å². The SMILES string of the molecule is O=C(NCc1ccccc1Cn1ccnc1)c1ccc(Cl)c(NC(=O)c2cccs2)c1. The number of nitrogens with zero attached hydrogens (tertiary/aromatic N) is 2. The molecule has 6 nitrogen and oxygen atoms in total. The van der Waals surface area contributed by atoms with Crippen molar-refractivity contribution >= 4 is 40.4 Å². The lowest BCUT2D eigenvalue weighted by Crippen LogP contribution is -2.24. The summed E-state index contributed by atoms with van der Waals surface area (Å²) in [4.78, 5) is 29.7. The van der Waals surface area contributed by atoms with Crippen LogP contribution in [0.3, 0.4) is 0 Å². The first kappa shape index (κ1) is 20.8. The van der Waals surface area contributed by atoms with E-state index < -0.39 is 0 Å². The highest BCUT2D eigenvalue weighted by Gasteiger charge is 2.13. The number of halogens is 1. The minimum Gasteiger partial charge on any atom is -0.348 e. The van der Waals surface area contributed by atoms with Gasteiger partial charge in [-0.05, 0) is 40.8 Å². The number of benzene rings is 2. The monoisotopic (exact) mass is 450 g/mol. The molecule has 31 heavy (non-hydrogen) atoms. The highest BCUT2D eigenvalue weighted by molar-refractivity contribution is 7.12. The number of thiophene rings is 1. The van der Waals surface area contributed by atoms with Crippen LogP contribution in [0, 0.1) is 0 Å². The van der Waals surface area contributed by atoms with Gasteiger partial charge in [0, 0.05) is 31.0 Å². The van der Waals surface area contributed by atoms with Crippen molar-refractivity contribution < 1.29 is 9.59 Å². The van der Waals surface area contributed by atoms with E-state index in [0.717, 1.165) is 11.1 Å². The van der Waals surface area contributed by atoms with Crippen molar-refractivity contribution in [2.45, 2.75) is 13.1 Å². The lowest BCUT2D eigenvalue weighted by molar-refractivity contribution is 0.0949. The fourth-order valence-corrected chi connectivity index (χ4v) is 3.88. The van der Waals surface area contributed by atoms with Crippen LogP contribution >= 0.6 is 22.9 Å². The molecule has 0 aliphatic carbocycles. The number of amides is 2. The first-order chi connectivity index (χ1) is 15.1. The van der Waals surface area contributed by atoms with Crippen molar-refractivity contribution in [3.8, 4) is 0 Å². The predicted molar refractivity (Wildman–Crippen MR) is 123 cm³/mol. The molecular weight excluding hydrogens is 432 g/mol. The van der Waals surface area contributed by atoms with Gasteiger partial charge in [0.2, 0.25) is 0 Å². The van der Waals surface area contributed by atoms with Gasteiger partial charge in [-0.15, -0.1) is 11.3 Å². The van der Waals surface area contributed by atoms with Gasteiger partial charge in [-0.1, -0.05) is 41.9 Å². The third-order valence-electron chi connectivity index (χ3n) is 4.69. The first-order valence-corrected chi connectivity index (χ1v) is 10.8. The second-order valence-corrected chi connectivity index (χ2v) is 8.17. The molecule has 4 aromatic rings. The molecule has 0 radical (unpaired) electrons. The fraction of sp³-hybridized carbons (Fsp3) is 0.0870. The number of hydrogen-bond acceptors (Lipinski definition) is 4. The Hall–Kier alpha value is -3.42. The van der Waals surface area contributed by atoms with Gasteiger partial charge < -0.3 is 15.2 Å². The van der Waals surface area contributed by atoms with E-state index in [2.05, 4.69) is 15.6 Å². The maximum atomic E-state index is 12.7. The van der Waals surface area contributed by atoms with Crippen LogP contribution in [0.25, 0.3) is 0 Å². The maximum absolute atomic E-state index is 12.7. The Kier molecular flexibility index (Phi) is 6.45. The Morgan fingerprint density at radius 2 is 1.87 bits per heavy atom. The van der Waals surface area contributed by atoms with Gasteiger partial charge >= 0.3 is 0 Å². The van der Waals surface area contributed by atoms with Crippen molar-refractivity contribution in [2.24, 2.45) is 0 Å². The molecule has 0 atom stereocenters. The van der Waals surface area contributed by atoms with E-state index in [1.165, 1.54) is 11.3 Å². The normalized spacial score (nSPS) is 10.6. The van der Waals surface area contributed by atoms with E-state index in [0.29, 0.717) is 34.2 Å². The molecule has 0 saturated heterocycles. The Morgan fingerprint density at radius 1 is 1.03 bits per heavy atom. The summed E-state index contributed by atoms with van der Waals surface area (Å²) in [5.74, 6) is -0.511. The molecule has 0 aliphatic heterocycles. The zero-order chi connectivity index (χ0) is 21.6. The summed E-state index contributed by atoms with van der Waals surface area (Å²) in [6.45, 7) is 1.05. The van der Waals surface area contributed by atoms with E-state index in [1.54, 1.807) is 42.9 Å². The number of carbonyl (C=O) groups is 2. The molecule has 156 valence electrons. The molecule has 0 bridgehead atoms. The molecule has 2 heterocycles. The van der Waals surface area contributed by atoms with Crippen LogP contribution in [-0.2, 0) is 13.1 Å². The number of aromatic nitrogens is 2. The highest BCUT2D eigenvalue weighted by Crippen LogP contribution is 2.24. The van der Waals surface area contributed by atoms with Gasteiger partial charge in [0.15, 0.2) is 0 Å². The maximum Gasteiger partial charge on any atom is 0.265 e. The van der Waals surface area contributed by atoms with Crippen molar-refractivity contribution in [3.63, 3.8) is 0 Å². The minimum absolute atomic E-state index is 0.249. The molecule has 2 N–H and O–H groups in total. The number of nitrogens with one attached hydrogen (secondary N) is 2. The van der Waals surface area contributed by atoms with Crippen LogP contribution in [0.5, 0.6) is 0 Å². The summed E-state index contributed by atoms with van der Waals surface area (Å²) in [5, 5.41) is 7.90. The number of anilines is 1. The molecular formula is C23H19ClN4O2S. The van der Waals surface area contributed by atoms with E-state index in [4.69, 9.17) is 11.6 Å². The third kappa shape index (κ3) is 5.20. The number of imidazole rings is 1. The summed E-state index contributed by atoms with van der Waals surface area (Å²) in [5.41, 5.74) is 2.93. The van der Waals surface area contributed by atoms with E-state index >= 15 is 0 Å². The molecule has 8 heteroatoms. The molecule has 0 unspecified atom stereocenters. The van der Waals surface area contributed by atoms with E-state index in [9.17, 15) is 9.59 Å². The predicted octanol–water partition coefficient (Wildman–Crippen LogP) is 4.83. The van der Waals surface area contributed by atoms with Gasteiger partial charge in [-0.2, -0.15) is 0 Å². The smallest absolute Gasteiger partial charge is 0.265 e. The fourth-order valence-electron chi connectivity index (χ4n) is 3.09. The summed E-state index contributed by atoms with van der Waals surface area (Å²) in [6, 6.07) is 16.3. The first-order valence-electron chi connectivity index (χ1n) is 9.55. The molecule has 2 amide bonds. The zero-order valence-electron chi connectivity index (χ0n) is 16.4. The third-order valence-corrected chi connectivity index (χ3v) is 5.89. The highest BCUT2D eigenvalue weighted by atomic mass is 35.5. The molecule has 0 saturated carbocycles. The van der Waals surface area contributed by atoms with Crippen molar-refractivity contribution in [1.82, 2.24) is 14.9 Å². The zero-order valence-corrected chi connectivity index (χ0v) is 18.0. The second kappa shape index (κ2) is 9.59. The van der Waals surface area contributed by atoms with Crippen molar-refractivity contribution in [3.05, 3.63) is 105 Å². The quantitative estimate of drug-likeness (QED) is 0.423. The molecule has 0 fully saturated rings. The summed E-state index contributed by atoms with van der Waals surface area (Å²) in [7, 11) is 0. The van der Waals surface area contributed by atoms with Gasteiger partial charge in [0.1, 0.15) is 0 Å². The van der Waals surface area contributed by atoms with Crippen LogP contribution in [0.2, 0.25) is 5.02 Å². The minimum atomic E-state index is -0.261. The van der Waals surface area contributed by atoms with Crippen LogP contribution in [0.4, 0.5) is 5.69 Å². The Labute approximate surface area is 188 Å². The van der Waals surface area contributed by atoms with Gasteiger partial charge in [0.25, 0.3) is 11.8 Å².